The minimum Gasteiger partial charge on any atom is -0.350 e. The highest BCUT2D eigenvalue weighted by atomic mass is 32.1. The van der Waals surface area contributed by atoms with Crippen molar-refractivity contribution in [3.8, 4) is 10.4 Å². The van der Waals surface area contributed by atoms with Gasteiger partial charge in [0.1, 0.15) is 11.5 Å². The zero-order chi connectivity index (χ0) is 25.4. The molecule has 1 aliphatic carbocycles. The van der Waals surface area contributed by atoms with E-state index in [4.69, 9.17) is 4.98 Å². The molecule has 4 aromatic rings. The van der Waals surface area contributed by atoms with E-state index in [9.17, 15) is 14.0 Å². The summed E-state index contributed by atoms with van der Waals surface area (Å²) in [6, 6.07) is 15.5. The molecule has 2 aromatic carbocycles. The van der Waals surface area contributed by atoms with Crippen molar-refractivity contribution < 1.29 is 14.0 Å². The SMILES string of the molecule is O=C(NC[C@@H]1CCCCN1C(=O)c1nc(C2CC2)sc1-c1ccc(F)cc1)c1cccc2cccnc12. The topological polar surface area (TPSA) is 75.2 Å². The maximum Gasteiger partial charge on any atom is 0.274 e. The molecule has 0 radical (unpaired) electrons. The maximum atomic E-state index is 13.9. The van der Waals surface area contributed by atoms with E-state index >= 15 is 0 Å². The summed E-state index contributed by atoms with van der Waals surface area (Å²) in [7, 11) is 0. The summed E-state index contributed by atoms with van der Waals surface area (Å²) >= 11 is 1.54. The van der Waals surface area contributed by atoms with Gasteiger partial charge in [-0.05, 0) is 61.9 Å². The highest BCUT2D eigenvalue weighted by Crippen LogP contribution is 2.45. The van der Waals surface area contributed by atoms with Crippen LogP contribution in [-0.2, 0) is 0 Å². The van der Waals surface area contributed by atoms with E-state index in [2.05, 4.69) is 10.3 Å². The Morgan fingerprint density at radius 2 is 1.84 bits per heavy atom. The first-order valence-electron chi connectivity index (χ1n) is 12.8. The molecule has 1 atom stereocenters. The molecular formula is C29H27FN4O2S. The molecule has 1 saturated heterocycles. The van der Waals surface area contributed by atoms with Crippen LogP contribution in [0, 0.1) is 5.82 Å². The lowest BCUT2D eigenvalue weighted by atomic mass is 10.0. The number of benzene rings is 2. The van der Waals surface area contributed by atoms with E-state index in [0.29, 0.717) is 35.8 Å². The number of nitrogens with one attached hydrogen (secondary N) is 1. The van der Waals surface area contributed by atoms with Crippen LogP contribution in [-0.4, -0.2) is 45.8 Å². The number of fused-ring (bicyclic) bond motifs is 1. The molecule has 8 heteroatoms. The van der Waals surface area contributed by atoms with Gasteiger partial charge in [0.15, 0.2) is 0 Å². The third kappa shape index (κ3) is 4.85. The van der Waals surface area contributed by atoms with Crippen LogP contribution < -0.4 is 5.32 Å². The van der Waals surface area contributed by atoms with Gasteiger partial charge < -0.3 is 10.2 Å². The monoisotopic (exact) mass is 514 g/mol. The Kier molecular flexibility index (Phi) is 6.42. The fourth-order valence-electron chi connectivity index (χ4n) is 4.99. The lowest BCUT2D eigenvalue weighted by Crippen LogP contribution is -2.49. The lowest BCUT2D eigenvalue weighted by Gasteiger charge is -2.35. The predicted octanol–water partition coefficient (Wildman–Crippen LogP) is 5.80. The number of piperidine rings is 1. The van der Waals surface area contributed by atoms with Crippen molar-refractivity contribution in [2.75, 3.05) is 13.1 Å². The van der Waals surface area contributed by atoms with Gasteiger partial charge in [-0.2, -0.15) is 0 Å². The highest BCUT2D eigenvalue weighted by Gasteiger charge is 2.34. The Balaban J connectivity index is 1.24. The molecule has 188 valence electrons. The number of nitrogens with zero attached hydrogens (tertiary/aromatic N) is 3. The van der Waals surface area contributed by atoms with Crippen LogP contribution in [0.15, 0.2) is 60.8 Å². The van der Waals surface area contributed by atoms with E-state index in [1.54, 1.807) is 35.7 Å². The molecule has 2 aromatic heterocycles. The van der Waals surface area contributed by atoms with Crippen LogP contribution in [0.1, 0.15) is 63.9 Å². The number of likely N-dealkylation sites (tertiary alicyclic amines) is 1. The van der Waals surface area contributed by atoms with E-state index in [1.165, 1.54) is 12.1 Å². The van der Waals surface area contributed by atoms with E-state index in [1.807, 2.05) is 29.2 Å². The summed E-state index contributed by atoms with van der Waals surface area (Å²) in [5, 5.41) is 4.94. The third-order valence-corrected chi connectivity index (χ3v) is 8.41. The van der Waals surface area contributed by atoms with Crippen LogP contribution in [0.5, 0.6) is 0 Å². The van der Waals surface area contributed by atoms with Gasteiger partial charge >= 0.3 is 0 Å². The number of carbonyl (C=O) groups is 2. The molecule has 37 heavy (non-hydrogen) atoms. The molecule has 2 aliphatic rings. The Morgan fingerprint density at radius 1 is 1.03 bits per heavy atom. The summed E-state index contributed by atoms with van der Waals surface area (Å²) < 4.78 is 13.6. The first-order valence-corrected chi connectivity index (χ1v) is 13.6. The van der Waals surface area contributed by atoms with E-state index in [-0.39, 0.29) is 23.7 Å². The zero-order valence-corrected chi connectivity index (χ0v) is 21.1. The molecule has 0 spiro atoms. The molecule has 1 saturated carbocycles. The first kappa shape index (κ1) is 23.7. The number of para-hydroxylation sites is 1. The van der Waals surface area contributed by atoms with Crippen molar-refractivity contribution >= 4 is 34.1 Å². The lowest BCUT2D eigenvalue weighted by molar-refractivity contribution is 0.0598. The van der Waals surface area contributed by atoms with Crippen molar-refractivity contribution in [1.29, 1.82) is 0 Å². The average Bonchev–Trinajstić information content (AvgIpc) is 3.70. The molecule has 1 N–H and O–H groups in total. The Bertz CT molecular complexity index is 1460. The normalized spacial score (nSPS) is 17.6. The van der Waals surface area contributed by atoms with Crippen LogP contribution >= 0.6 is 11.3 Å². The average molecular weight is 515 g/mol. The summed E-state index contributed by atoms with van der Waals surface area (Å²) in [4.78, 5) is 38.8. The Morgan fingerprint density at radius 3 is 2.65 bits per heavy atom. The minimum atomic E-state index is -0.309. The molecule has 2 fully saturated rings. The molecule has 6 nitrogen and oxygen atoms in total. The van der Waals surface area contributed by atoms with Crippen molar-refractivity contribution in [1.82, 2.24) is 20.2 Å². The summed E-state index contributed by atoms with van der Waals surface area (Å²) in [5.74, 6) is -0.208. The number of hydrogen-bond acceptors (Lipinski definition) is 5. The fraction of sp³-hybridized carbons (Fsp3) is 0.310. The third-order valence-electron chi connectivity index (χ3n) is 7.14. The van der Waals surface area contributed by atoms with Gasteiger partial charge in [0, 0.05) is 36.6 Å². The quantitative estimate of drug-likeness (QED) is 0.353. The number of aromatic nitrogens is 2. The Hall–Kier alpha value is -3.65. The maximum absolute atomic E-state index is 13.9. The van der Waals surface area contributed by atoms with Crippen molar-refractivity contribution in [2.24, 2.45) is 0 Å². The minimum absolute atomic E-state index is 0.117. The molecule has 1 aliphatic heterocycles. The predicted molar refractivity (Wildman–Crippen MR) is 142 cm³/mol. The van der Waals surface area contributed by atoms with Crippen molar-refractivity contribution in [3.63, 3.8) is 0 Å². The number of hydrogen-bond donors (Lipinski definition) is 1. The number of pyridine rings is 1. The molecule has 2 amide bonds. The highest BCUT2D eigenvalue weighted by molar-refractivity contribution is 7.15. The second-order valence-electron chi connectivity index (χ2n) is 9.75. The van der Waals surface area contributed by atoms with Crippen LogP contribution in [0.2, 0.25) is 0 Å². The summed E-state index contributed by atoms with van der Waals surface area (Å²) in [5.41, 5.74) is 2.44. The van der Waals surface area contributed by atoms with Gasteiger partial charge in [0.25, 0.3) is 11.8 Å². The standard InChI is InChI=1S/C29H27FN4O2S/c30-21-13-11-19(12-14-21)26-25(33-28(37-26)20-9-10-20)29(36)34-16-2-1-7-22(34)17-32-27(35)23-8-3-5-18-6-4-15-31-24(18)23/h3-6,8,11-15,20,22H,1-2,7,9-10,16-17H2,(H,32,35)/t22-/m0/s1. The molecule has 0 bridgehead atoms. The smallest absolute Gasteiger partial charge is 0.274 e. The second kappa shape index (κ2) is 10.0. The second-order valence-corrected chi connectivity index (χ2v) is 10.8. The molecular weight excluding hydrogens is 487 g/mol. The van der Waals surface area contributed by atoms with Gasteiger partial charge in [0.2, 0.25) is 0 Å². The number of rotatable bonds is 6. The summed E-state index contributed by atoms with van der Waals surface area (Å²) in [6.45, 7) is 0.980. The fourth-order valence-corrected chi connectivity index (χ4v) is 6.22. The van der Waals surface area contributed by atoms with Crippen LogP contribution in [0.3, 0.4) is 0 Å². The van der Waals surface area contributed by atoms with Crippen molar-refractivity contribution in [2.45, 2.75) is 44.1 Å². The van der Waals surface area contributed by atoms with Gasteiger partial charge in [-0.3, -0.25) is 14.6 Å². The number of amides is 2. The molecule has 6 rings (SSSR count). The number of halogens is 1. The largest absolute Gasteiger partial charge is 0.350 e. The first-order chi connectivity index (χ1) is 18.1. The van der Waals surface area contributed by atoms with Crippen molar-refractivity contribution in [3.05, 3.63) is 82.9 Å². The van der Waals surface area contributed by atoms with E-state index in [0.717, 1.165) is 52.9 Å². The number of carbonyl (C=O) groups excluding carboxylic acids is 2. The Labute approximate surface area is 218 Å². The molecule has 3 heterocycles. The number of thiazole rings is 1. The van der Waals surface area contributed by atoms with Crippen LogP contribution in [0.4, 0.5) is 4.39 Å². The van der Waals surface area contributed by atoms with E-state index < -0.39 is 0 Å². The van der Waals surface area contributed by atoms with Gasteiger partial charge in [-0.15, -0.1) is 11.3 Å². The van der Waals surface area contributed by atoms with Gasteiger partial charge in [-0.1, -0.05) is 30.3 Å². The van der Waals surface area contributed by atoms with Gasteiger partial charge in [0.05, 0.1) is 21.0 Å². The summed E-state index contributed by atoms with van der Waals surface area (Å²) in [6.07, 6.45) is 6.58. The zero-order valence-electron chi connectivity index (χ0n) is 20.3. The molecule has 0 unspecified atom stereocenters. The van der Waals surface area contributed by atoms with Crippen LogP contribution in [0.25, 0.3) is 21.3 Å². The van der Waals surface area contributed by atoms with Gasteiger partial charge in [-0.25, -0.2) is 9.37 Å².